The molecule has 0 atom stereocenters. The number of hydrogen-bond donors (Lipinski definition) is 1. The van der Waals surface area contributed by atoms with Gasteiger partial charge in [-0.1, -0.05) is 52.3 Å². The fourth-order valence-electron chi connectivity index (χ4n) is 5.58. The fourth-order valence-corrected chi connectivity index (χ4v) is 6.00. The SMILES string of the molecule is CN1C/C(=C/c2cccc(Br)c2)c2nc3ccccc3c(C(=O)Nc3cccc(-c4ccc5c(c4)OCCO5)n3)c2C1. The molecule has 3 aromatic carbocycles. The zero-order valence-electron chi connectivity index (χ0n) is 22.9. The van der Waals surface area contributed by atoms with Crippen molar-refractivity contribution in [3.63, 3.8) is 0 Å². The summed E-state index contributed by atoms with van der Waals surface area (Å²) in [4.78, 5) is 26.1. The van der Waals surface area contributed by atoms with Gasteiger partial charge in [0.05, 0.1) is 22.5 Å². The Labute approximate surface area is 252 Å². The number of nitrogens with zero attached hydrogens (tertiary/aromatic N) is 3. The number of ether oxygens (including phenoxy) is 2. The van der Waals surface area contributed by atoms with Gasteiger partial charge in [-0.15, -0.1) is 0 Å². The van der Waals surface area contributed by atoms with Crippen LogP contribution in [0.2, 0.25) is 0 Å². The van der Waals surface area contributed by atoms with E-state index in [9.17, 15) is 4.79 Å². The van der Waals surface area contributed by atoms with Gasteiger partial charge in [-0.2, -0.15) is 0 Å². The molecule has 0 aliphatic carbocycles. The maximum absolute atomic E-state index is 14.1. The lowest BCUT2D eigenvalue weighted by Crippen LogP contribution is -2.29. The van der Waals surface area contributed by atoms with Crippen molar-refractivity contribution >= 4 is 50.2 Å². The van der Waals surface area contributed by atoms with Crippen molar-refractivity contribution < 1.29 is 14.3 Å². The Morgan fingerprint density at radius 2 is 1.74 bits per heavy atom. The monoisotopic (exact) mass is 618 g/mol. The van der Waals surface area contributed by atoms with Gasteiger partial charge < -0.3 is 14.8 Å². The third-order valence-electron chi connectivity index (χ3n) is 7.41. The molecule has 2 aliphatic rings. The highest BCUT2D eigenvalue weighted by Gasteiger charge is 2.27. The summed E-state index contributed by atoms with van der Waals surface area (Å²) >= 11 is 3.58. The average Bonchev–Trinajstić information content (AvgIpc) is 3.00. The molecular formula is C34H27BrN4O3. The molecule has 2 aromatic heterocycles. The largest absolute Gasteiger partial charge is 0.486 e. The van der Waals surface area contributed by atoms with Gasteiger partial charge in [0.2, 0.25) is 0 Å². The molecule has 0 saturated carbocycles. The summed E-state index contributed by atoms with van der Waals surface area (Å²) in [5.41, 5.74) is 6.91. The second-order valence-electron chi connectivity index (χ2n) is 10.4. The summed E-state index contributed by atoms with van der Waals surface area (Å²) in [6, 6.07) is 27.4. The Morgan fingerprint density at radius 3 is 2.62 bits per heavy atom. The van der Waals surface area contributed by atoms with E-state index in [1.54, 1.807) is 6.07 Å². The number of halogens is 1. The summed E-state index contributed by atoms with van der Waals surface area (Å²) in [6.07, 6.45) is 2.15. The van der Waals surface area contributed by atoms with Crippen molar-refractivity contribution in [1.29, 1.82) is 0 Å². The molecule has 0 saturated heterocycles. The van der Waals surface area contributed by atoms with Crippen LogP contribution in [0.5, 0.6) is 11.5 Å². The third-order valence-corrected chi connectivity index (χ3v) is 7.90. The number of carbonyl (C=O) groups is 1. The molecule has 0 unspecified atom stereocenters. The first-order valence-corrected chi connectivity index (χ1v) is 14.6. The topological polar surface area (TPSA) is 76.6 Å². The number of likely N-dealkylation sites (N-methyl/N-ethyl adjacent to an activating group) is 1. The number of aromatic nitrogens is 2. The first-order chi connectivity index (χ1) is 20.5. The van der Waals surface area contributed by atoms with Crippen LogP contribution in [0.4, 0.5) is 5.82 Å². The molecule has 0 radical (unpaired) electrons. The van der Waals surface area contributed by atoms with Crippen molar-refractivity contribution in [2.45, 2.75) is 6.54 Å². The van der Waals surface area contributed by atoms with Crippen LogP contribution >= 0.6 is 15.9 Å². The van der Waals surface area contributed by atoms with Crippen LogP contribution in [-0.4, -0.2) is 47.6 Å². The maximum Gasteiger partial charge on any atom is 0.257 e. The molecule has 8 heteroatoms. The van der Waals surface area contributed by atoms with Gasteiger partial charge in [0, 0.05) is 34.1 Å². The van der Waals surface area contributed by atoms with Crippen LogP contribution in [0, 0.1) is 0 Å². The predicted molar refractivity (Wildman–Crippen MR) is 169 cm³/mol. The number of para-hydroxylation sites is 1. The molecule has 1 N–H and O–H groups in total. The van der Waals surface area contributed by atoms with Crippen molar-refractivity contribution in [1.82, 2.24) is 14.9 Å². The quantitative estimate of drug-likeness (QED) is 0.232. The lowest BCUT2D eigenvalue weighted by Gasteiger charge is -2.29. The van der Waals surface area contributed by atoms with Crippen molar-refractivity contribution in [2.75, 3.05) is 32.1 Å². The molecule has 0 bridgehead atoms. The van der Waals surface area contributed by atoms with E-state index in [0.29, 0.717) is 36.9 Å². The van der Waals surface area contributed by atoms with Gasteiger partial charge in [-0.25, -0.2) is 9.97 Å². The molecule has 208 valence electrons. The van der Waals surface area contributed by atoms with Crippen LogP contribution in [0.15, 0.2) is 89.4 Å². The van der Waals surface area contributed by atoms with Crippen molar-refractivity contribution in [3.8, 4) is 22.8 Å². The Morgan fingerprint density at radius 1 is 0.905 bits per heavy atom. The minimum Gasteiger partial charge on any atom is -0.486 e. The molecule has 5 aromatic rings. The van der Waals surface area contributed by atoms with E-state index < -0.39 is 0 Å². The predicted octanol–water partition coefficient (Wildman–Crippen LogP) is 7.07. The van der Waals surface area contributed by atoms with E-state index in [2.05, 4.69) is 51.4 Å². The Hall–Kier alpha value is -4.53. The number of rotatable bonds is 4. The van der Waals surface area contributed by atoms with Crippen LogP contribution in [-0.2, 0) is 6.54 Å². The van der Waals surface area contributed by atoms with Gasteiger partial charge >= 0.3 is 0 Å². The zero-order chi connectivity index (χ0) is 28.6. The Bertz CT molecular complexity index is 1890. The van der Waals surface area contributed by atoms with E-state index in [1.807, 2.05) is 66.7 Å². The molecule has 7 nitrogen and oxygen atoms in total. The lowest BCUT2D eigenvalue weighted by molar-refractivity contribution is 0.102. The Kier molecular flexibility index (Phi) is 6.93. The van der Waals surface area contributed by atoms with E-state index >= 15 is 0 Å². The Balaban J connectivity index is 1.28. The molecule has 7 rings (SSSR count). The number of fused-ring (bicyclic) bond motifs is 3. The highest BCUT2D eigenvalue weighted by atomic mass is 79.9. The number of anilines is 1. The van der Waals surface area contributed by atoms with E-state index in [0.717, 1.165) is 61.3 Å². The standard InChI is InChI=1S/C34H27BrN4O3/c1-39-19-23(16-21-6-4-7-24(35)17-21)33-26(20-39)32(25-8-2-3-9-28(25)37-33)34(40)38-31-11-5-10-27(36-31)22-12-13-29-30(18-22)42-15-14-41-29/h2-13,16-18H,14-15,19-20H2,1H3,(H,36,38,40)/b23-16-. The highest BCUT2D eigenvalue weighted by Crippen LogP contribution is 2.36. The van der Waals surface area contributed by atoms with E-state index in [1.165, 1.54) is 0 Å². The van der Waals surface area contributed by atoms with Crippen LogP contribution < -0.4 is 14.8 Å². The second-order valence-corrected chi connectivity index (χ2v) is 11.4. The number of nitrogens with one attached hydrogen (secondary N) is 1. The number of carbonyl (C=O) groups excluding carboxylic acids is 1. The van der Waals surface area contributed by atoms with Gasteiger partial charge in [0.1, 0.15) is 19.0 Å². The van der Waals surface area contributed by atoms with Crippen LogP contribution in [0.1, 0.15) is 27.2 Å². The van der Waals surface area contributed by atoms with Gasteiger partial charge in [-0.3, -0.25) is 9.69 Å². The highest BCUT2D eigenvalue weighted by molar-refractivity contribution is 9.10. The molecule has 1 amide bonds. The van der Waals surface area contributed by atoms with Crippen LogP contribution in [0.3, 0.4) is 0 Å². The van der Waals surface area contributed by atoms with Gasteiger partial charge in [-0.05, 0) is 72.8 Å². The number of hydrogen-bond acceptors (Lipinski definition) is 6. The van der Waals surface area contributed by atoms with Crippen molar-refractivity contribution in [3.05, 3.63) is 112 Å². The second kappa shape index (κ2) is 11.0. The summed E-state index contributed by atoms with van der Waals surface area (Å²) < 4.78 is 12.4. The van der Waals surface area contributed by atoms with E-state index in [4.69, 9.17) is 19.4 Å². The van der Waals surface area contributed by atoms with Gasteiger partial charge in [0.15, 0.2) is 11.5 Å². The first kappa shape index (κ1) is 26.4. The molecule has 0 fully saturated rings. The van der Waals surface area contributed by atoms with Gasteiger partial charge in [0.25, 0.3) is 5.91 Å². The number of amides is 1. The molecule has 2 aliphatic heterocycles. The lowest BCUT2D eigenvalue weighted by atomic mass is 9.92. The fraction of sp³-hybridized carbons (Fsp3) is 0.147. The molecule has 0 spiro atoms. The smallest absolute Gasteiger partial charge is 0.257 e. The third kappa shape index (κ3) is 5.15. The minimum atomic E-state index is -0.214. The number of pyridine rings is 2. The summed E-state index contributed by atoms with van der Waals surface area (Å²) in [6.45, 7) is 2.39. The molecular weight excluding hydrogens is 592 g/mol. The first-order valence-electron chi connectivity index (χ1n) is 13.8. The summed E-state index contributed by atoms with van der Waals surface area (Å²) in [5, 5.41) is 3.90. The average molecular weight is 620 g/mol. The summed E-state index contributed by atoms with van der Waals surface area (Å²) in [7, 11) is 2.06. The molecule has 42 heavy (non-hydrogen) atoms. The minimum absolute atomic E-state index is 0.214. The molecule has 4 heterocycles. The summed E-state index contributed by atoms with van der Waals surface area (Å²) in [5.74, 6) is 1.67. The zero-order valence-corrected chi connectivity index (χ0v) is 24.5. The van der Waals surface area contributed by atoms with Crippen LogP contribution in [0.25, 0.3) is 33.8 Å². The number of benzene rings is 3. The normalized spacial score (nSPS) is 15.4. The maximum atomic E-state index is 14.1. The van der Waals surface area contributed by atoms with Crippen molar-refractivity contribution in [2.24, 2.45) is 0 Å². The van der Waals surface area contributed by atoms with E-state index in [-0.39, 0.29) is 5.91 Å².